The van der Waals surface area contributed by atoms with Gasteiger partial charge in [0.05, 0.1) is 19.8 Å². The number of aliphatic hydroxyl groups is 1. The Kier molecular flexibility index (Phi) is 4.64. The van der Waals surface area contributed by atoms with Crippen LogP contribution in [0.15, 0.2) is 36.5 Å². The van der Waals surface area contributed by atoms with Gasteiger partial charge in [-0.05, 0) is 17.7 Å². The normalized spacial score (nSPS) is 21.0. The molecule has 1 aliphatic rings. The summed E-state index contributed by atoms with van der Waals surface area (Å²) in [6.07, 6.45) is 1.90. The van der Waals surface area contributed by atoms with E-state index in [1.54, 1.807) is 47.1 Å². The molecule has 1 fully saturated rings. The second-order valence-electron chi connectivity index (χ2n) is 6.06. The molecule has 2 aromatic rings. The van der Waals surface area contributed by atoms with Gasteiger partial charge in [-0.1, -0.05) is 18.2 Å². The zero-order valence-corrected chi connectivity index (χ0v) is 13.5. The smallest absolute Gasteiger partial charge is 0.274 e. The first kappa shape index (κ1) is 16.6. The van der Waals surface area contributed by atoms with E-state index in [-0.39, 0.29) is 37.9 Å². The lowest BCUT2D eigenvalue weighted by atomic mass is 9.92. The third-order valence-corrected chi connectivity index (χ3v) is 4.23. The molecule has 3 rings (SSSR count). The first-order valence-corrected chi connectivity index (χ1v) is 7.80. The van der Waals surface area contributed by atoms with E-state index in [0.29, 0.717) is 17.8 Å². The van der Waals surface area contributed by atoms with Crippen LogP contribution in [0.5, 0.6) is 0 Å². The van der Waals surface area contributed by atoms with Crippen molar-refractivity contribution in [2.75, 3.05) is 26.3 Å². The lowest BCUT2D eigenvalue weighted by Gasteiger charge is -2.41. The summed E-state index contributed by atoms with van der Waals surface area (Å²) < 4.78 is 21.3. The molecule has 0 radical (unpaired) electrons. The Morgan fingerprint density at radius 3 is 2.88 bits per heavy atom. The summed E-state index contributed by atoms with van der Waals surface area (Å²) in [5.74, 6) is -0.563. The van der Waals surface area contributed by atoms with Crippen molar-refractivity contribution < 1.29 is 19.0 Å². The number of hydrogen-bond acceptors (Lipinski definition) is 4. The highest BCUT2D eigenvalue weighted by Crippen LogP contribution is 2.25. The average molecular weight is 333 g/mol. The fourth-order valence-corrected chi connectivity index (χ4v) is 2.96. The van der Waals surface area contributed by atoms with E-state index in [4.69, 9.17) is 4.74 Å². The van der Waals surface area contributed by atoms with Crippen LogP contribution in [0.2, 0.25) is 0 Å². The van der Waals surface area contributed by atoms with Crippen molar-refractivity contribution >= 4 is 5.91 Å². The third-order valence-electron chi connectivity index (χ3n) is 4.23. The van der Waals surface area contributed by atoms with E-state index in [1.165, 1.54) is 6.07 Å². The molecular formula is C17H20FN3O3. The first-order chi connectivity index (χ1) is 11.5. The predicted octanol–water partition coefficient (Wildman–Crippen LogP) is 1.01. The molecule has 6 nitrogen and oxygen atoms in total. The molecule has 1 atom stereocenters. The molecule has 7 heteroatoms. The van der Waals surface area contributed by atoms with Crippen molar-refractivity contribution in [1.29, 1.82) is 0 Å². The summed E-state index contributed by atoms with van der Waals surface area (Å²) in [6.45, 7) is 0.586. The van der Waals surface area contributed by atoms with E-state index >= 15 is 0 Å². The molecule has 1 amide bonds. The van der Waals surface area contributed by atoms with Crippen LogP contribution >= 0.6 is 0 Å². The van der Waals surface area contributed by atoms with Gasteiger partial charge in [0.2, 0.25) is 0 Å². The summed E-state index contributed by atoms with van der Waals surface area (Å²) in [5.41, 5.74) is -0.207. The van der Waals surface area contributed by atoms with Gasteiger partial charge in [0.15, 0.2) is 0 Å². The van der Waals surface area contributed by atoms with Gasteiger partial charge in [-0.15, -0.1) is 0 Å². The third kappa shape index (κ3) is 3.32. The molecule has 1 aromatic carbocycles. The standard InChI is InChI=1S/C17H20FN3O3/c1-20-7-6-15(19-20)16(23)21-8-9-24-17(11-21,12-22)10-13-4-2-3-5-14(13)18/h2-7,22H,8-12H2,1H3/t17-/m1/s1. The molecular weight excluding hydrogens is 313 g/mol. The topological polar surface area (TPSA) is 67.6 Å². The maximum absolute atomic E-state index is 13.9. The summed E-state index contributed by atoms with van der Waals surface area (Å²) in [7, 11) is 1.74. The molecule has 1 aliphatic heterocycles. The lowest BCUT2D eigenvalue weighted by Crippen LogP contribution is -2.57. The summed E-state index contributed by atoms with van der Waals surface area (Å²) >= 11 is 0. The molecule has 1 aromatic heterocycles. The van der Waals surface area contributed by atoms with Crippen molar-refractivity contribution in [3.8, 4) is 0 Å². The zero-order chi connectivity index (χ0) is 17.2. The molecule has 0 spiro atoms. The van der Waals surface area contributed by atoms with Crippen molar-refractivity contribution in [1.82, 2.24) is 14.7 Å². The summed E-state index contributed by atoms with van der Waals surface area (Å²) in [4.78, 5) is 14.2. The Labute approximate surface area is 139 Å². The minimum atomic E-state index is -1.01. The predicted molar refractivity (Wildman–Crippen MR) is 85.0 cm³/mol. The largest absolute Gasteiger partial charge is 0.393 e. The highest BCUT2D eigenvalue weighted by molar-refractivity contribution is 5.92. The first-order valence-electron chi connectivity index (χ1n) is 7.80. The molecule has 2 heterocycles. The molecule has 0 saturated carbocycles. The Morgan fingerprint density at radius 2 is 2.21 bits per heavy atom. The van der Waals surface area contributed by atoms with Crippen LogP contribution in [0, 0.1) is 5.82 Å². The maximum Gasteiger partial charge on any atom is 0.274 e. The minimum absolute atomic E-state index is 0.188. The number of carbonyl (C=O) groups is 1. The Hall–Kier alpha value is -2.25. The molecule has 1 N–H and O–H groups in total. The van der Waals surface area contributed by atoms with Gasteiger partial charge in [-0.2, -0.15) is 5.10 Å². The Bertz CT molecular complexity index is 733. The van der Waals surface area contributed by atoms with Gasteiger partial charge >= 0.3 is 0 Å². The van der Waals surface area contributed by atoms with E-state index in [9.17, 15) is 14.3 Å². The number of halogens is 1. The van der Waals surface area contributed by atoms with Gasteiger partial charge in [-0.3, -0.25) is 9.48 Å². The van der Waals surface area contributed by atoms with Gasteiger partial charge in [0.25, 0.3) is 5.91 Å². The summed E-state index contributed by atoms with van der Waals surface area (Å²) in [5, 5.41) is 14.0. The van der Waals surface area contributed by atoms with E-state index < -0.39 is 5.60 Å². The molecule has 0 bridgehead atoms. The molecule has 0 unspecified atom stereocenters. The van der Waals surface area contributed by atoms with Crippen LogP contribution in [-0.4, -0.2) is 57.6 Å². The van der Waals surface area contributed by atoms with Crippen LogP contribution in [-0.2, 0) is 18.2 Å². The van der Waals surface area contributed by atoms with Crippen molar-refractivity contribution in [3.05, 3.63) is 53.6 Å². The van der Waals surface area contributed by atoms with E-state index in [1.807, 2.05) is 0 Å². The second-order valence-corrected chi connectivity index (χ2v) is 6.06. The number of aliphatic hydroxyl groups excluding tert-OH is 1. The summed E-state index contributed by atoms with van der Waals surface area (Å²) in [6, 6.07) is 8.04. The minimum Gasteiger partial charge on any atom is -0.393 e. The number of hydrogen-bond donors (Lipinski definition) is 1. The molecule has 0 aliphatic carbocycles. The number of morpholine rings is 1. The number of aryl methyl sites for hydroxylation is 1. The second kappa shape index (κ2) is 6.70. The SMILES string of the molecule is Cn1ccc(C(=O)N2CCO[C@](CO)(Cc3ccccc3F)C2)n1. The van der Waals surface area contributed by atoms with Crippen molar-refractivity contribution in [3.63, 3.8) is 0 Å². The average Bonchev–Trinajstić information content (AvgIpc) is 3.03. The highest BCUT2D eigenvalue weighted by atomic mass is 19.1. The fourth-order valence-electron chi connectivity index (χ4n) is 2.96. The Balaban J connectivity index is 1.79. The van der Waals surface area contributed by atoms with Gasteiger partial charge < -0.3 is 14.7 Å². The van der Waals surface area contributed by atoms with Gasteiger partial charge in [-0.25, -0.2) is 4.39 Å². The number of aromatic nitrogens is 2. The maximum atomic E-state index is 13.9. The Morgan fingerprint density at radius 1 is 1.42 bits per heavy atom. The monoisotopic (exact) mass is 333 g/mol. The van der Waals surface area contributed by atoms with Crippen LogP contribution in [0.25, 0.3) is 0 Å². The number of benzene rings is 1. The zero-order valence-electron chi connectivity index (χ0n) is 13.5. The molecule has 128 valence electrons. The van der Waals surface area contributed by atoms with Gasteiger partial charge in [0, 0.05) is 26.2 Å². The fraction of sp³-hybridized carbons (Fsp3) is 0.412. The highest BCUT2D eigenvalue weighted by Gasteiger charge is 2.39. The van der Waals surface area contributed by atoms with Gasteiger partial charge in [0.1, 0.15) is 17.1 Å². The molecule has 24 heavy (non-hydrogen) atoms. The van der Waals surface area contributed by atoms with Crippen LogP contribution in [0.1, 0.15) is 16.1 Å². The molecule has 1 saturated heterocycles. The van der Waals surface area contributed by atoms with Crippen molar-refractivity contribution in [2.24, 2.45) is 7.05 Å². The number of rotatable bonds is 4. The number of nitrogens with zero attached hydrogens (tertiary/aromatic N) is 3. The van der Waals surface area contributed by atoms with Crippen molar-refractivity contribution in [2.45, 2.75) is 12.0 Å². The number of carbonyl (C=O) groups excluding carboxylic acids is 1. The van der Waals surface area contributed by atoms with Crippen LogP contribution in [0.3, 0.4) is 0 Å². The van der Waals surface area contributed by atoms with Crippen LogP contribution < -0.4 is 0 Å². The number of ether oxygens (including phenoxy) is 1. The quantitative estimate of drug-likeness (QED) is 0.907. The van der Waals surface area contributed by atoms with E-state index in [2.05, 4.69) is 5.10 Å². The van der Waals surface area contributed by atoms with Crippen LogP contribution in [0.4, 0.5) is 4.39 Å². The number of amides is 1. The lowest BCUT2D eigenvalue weighted by molar-refractivity contribution is -0.124. The van der Waals surface area contributed by atoms with E-state index in [0.717, 1.165) is 0 Å².